The van der Waals surface area contributed by atoms with Crippen molar-refractivity contribution in [3.05, 3.63) is 87.4 Å². The number of nitro groups is 1. The molecule has 33 heavy (non-hydrogen) atoms. The second-order valence-corrected chi connectivity index (χ2v) is 7.38. The third-order valence-corrected chi connectivity index (χ3v) is 5.18. The minimum absolute atomic E-state index is 0.0328. The summed E-state index contributed by atoms with van der Waals surface area (Å²) in [4.78, 5) is 22.9. The second-order valence-electron chi connectivity index (χ2n) is 7.38. The van der Waals surface area contributed by atoms with Gasteiger partial charge in [0.25, 0.3) is 5.69 Å². The van der Waals surface area contributed by atoms with Gasteiger partial charge in [0.2, 0.25) is 0 Å². The highest BCUT2D eigenvalue weighted by Crippen LogP contribution is 2.25. The number of carbonyl (C=O) groups excluding carboxylic acids is 1. The lowest BCUT2D eigenvalue weighted by molar-refractivity contribution is -0.384. The fraction of sp³-hybridized carbons (Fsp3) is 0.167. The van der Waals surface area contributed by atoms with Crippen molar-refractivity contribution in [2.45, 2.75) is 20.8 Å². The number of aromatic nitrogens is 1. The van der Waals surface area contributed by atoms with Gasteiger partial charge in [0.15, 0.2) is 5.76 Å². The van der Waals surface area contributed by atoms with Crippen molar-refractivity contribution < 1.29 is 18.9 Å². The summed E-state index contributed by atoms with van der Waals surface area (Å²) in [5, 5.41) is 15.7. The predicted molar refractivity (Wildman–Crippen MR) is 124 cm³/mol. The average Bonchev–Trinajstić information content (AvgIpc) is 3.34. The Morgan fingerprint density at radius 2 is 1.94 bits per heavy atom. The van der Waals surface area contributed by atoms with Gasteiger partial charge in [-0.15, -0.1) is 0 Å². The molecule has 1 N–H and O–H groups in total. The lowest BCUT2D eigenvalue weighted by Crippen LogP contribution is -2.16. The van der Waals surface area contributed by atoms with E-state index in [-0.39, 0.29) is 11.4 Å². The van der Waals surface area contributed by atoms with Gasteiger partial charge >= 0.3 is 5.91 Å². The summed E-state index contributed by atoms with van der Waals surface area (Å²) in [6.07, 6.45) is 1.55. The highest BCUT2D eigenvalue weighted by atomic mass is 16.6. The van der Waals surface area contributed by atoms with Crippen molar-refractivity contribution in [2.75, 3.05) is 6.61 Å². The topological polar surface area (TPSA) is 112 Å². The van der Waals surface area contributed by atoms with Crippen molar-refractivity contribution in [1.82, 2.24) is 9.99 Å². The number of aryl methyl sites for hydroxylation is 1. The third kappa shape index (κ3) is 4.47. The summed E-state index contributed by atoms with van der Waals surface area (Å²) in [5.74, 6) is 0.385. The quantitative estimate of drug-likeness (QED) is 0.246. The number of ether oxygens (including phenoxy) is 1. The molecule has 0 aliphatic heterocycles. The molecule has 9 heteroatoms. The van der Waals surface area contributed by atoms with E-state index in [0.717, 1.165) is 28.0 Å². The minimum atomic E-state index is -0.468. The molecular formula is C24H22N4O5. The van der Waals surface area contributed by atoms with Crippen LogP contribution in [0, 0.1) is 24.0 Å². The largest absolute Gasteiger partial charge is 0.494 e. The maximum atomic E-state index is 12.5. The molecule has 2 aromatic heterocycles. The number of fused-ring (bicyclic) bond motifs is 1. The fourth-order valence-corrected chi connectivity index (χ4v) is 3.64. The van der Waals surface area contributed by atoms with Crippen LogP contribution in [0.1, 0.15) is 34.4 Å². The molecular weight excluding hydrogens is 424 g/mol. The molecule has 4 rings (SSSR count). The van der Waals surface area contributed by atoms with Crippen LogP contribution in [0.5, 0.6) is 5.75 Å². The van der Waals surface area contributed by atoms with Gasteiger partial charge in [0.1, 0.15) is 11.3 Å². The van der Waals surface area contributed by atoms with Gasteiger partial charge in [0, 0.05) is 40.2 Å². The highest BCUT2D eigenvalue weighted by Gasteiger charge is 2.14. The monoisotopic (exact) mass is 446 g/mol. The predicted octanol–water partition coefficient (Wildman–Crippen LogP) is 4.91. The zero-order valence-electron chi connectivity index (χ0n) is 18.4. The molecule has 0 spiro atoms. The van der Waals surface area contributed by atoms with Crippen molar-refractivity contribution >= 4 is 28.8 Å². The standard InChI is InChI=1S/C24H22N4O5/c1-4-32-21-9-10-22-17(12-21)13-23(33-22)24(29)26-25-14-18-11-15(2)27(16(18)3)19-5-7-20(8-6-19)28(30)31/h5-14H,4H2,1-3H3,(H,26,29)/b25-14-. The highest BCUT2D eigenvalue weighted by molar-refractivity contribution is 5.96. The summed E-state index contributed by atoms with van der Waals surface area (Å²) in [6, 6.07) is 15.2. The third-order valence-electron chi connectivity index (χ3n) is 5.18. The summed E-state index contributed by atoms with van der Waals surface area (Å²) < 4.78 is 13.0. The van der Waals surface area contributed by atoms with E-state index >= 15 is 0 Å². The van der Waals surface area contributed by atoms with Crippen LogP contribution in [0.3, 0.4) is 0 Å². The Morgan fingerprint density at radius 1 is 1.18 bits per heavy atom. The number of furan rings is 1. The van der Waals surface area contributed by atoms with Crippen LogP contribution in [0.2, 0.25) is 0 Å². The SMILES string of the molecule is CCOc1ccc2oc(C(=O)N/N=C\c3cc(C)n(-c4ccc([N+](=O)[O-])cc4)c3C)cc2c1. The molecule has 168 valence electrons. The Kier molecular flexibility index (Phi) is 5.95. The smallest absolute Gasteiger partial charge is 0.307 e. The first-order chi connectivity index (χ1) is 15.9. The molecule has 9 nitrogen and oxygen atoms in total. The van der Waals surface area contributed by atoms with Crippen LogP contribution < -0.4 is 10.2 Å². The van der Waals surface area contributed by atoms with Crippen LogP contribution in [-0.4, -0.2) is 28.2 Å². The van der Waals surface area contributed by atoms with Crippen LogP contribution in [-0.2, 0) is 0 Å². The zero-order valence-corrected chi connectivity index (χ0v) is 18.4. The molecule has 2 aromatic carbocycles. The lowest BCUT2D eigenvalue weighted by Gasteiger charge is -2.09. The van der Waals surface area contributed by atoms with Crippen molar-refractivity contribution in [1.29, 1.82) is 0 Å². The number of hydrogen-bond acceptors (Lipinski definition) is 6. The number of hydrogen-bond donors (Lipinski definition) is 1. The Labute approximate surface area is 189 Å². The maximum absolute atomic E-state index is 12.5. The van der Waals surface area contributed by atoms with Crippen molar-refractivity contribution in [3.8, 4) is 11.4 Å². The van der Waals surface area contributed by atoms with Gasteiger partial charge in [0.05, 0.1) is 17.7 Å². The number of rotatable bonds is 7. The molecule has 4 aromatic rings. The minimum Gasteiger partial charge on any atom is -0.494 e. The van der Waals surface area contributed by atoms with E-state index in [2.05, 4.69) is 10.5 Å². The summed E-state index contributed by atoms with van der Waals surface area (Å²) in [7, 11) is 0. The summed E-state index contributed by atoms with van der Waals surface area (Å²) in [5.41, 5.74) is 6.51. The molecule has 0 fully saturated rings. The number of benzene rings is 2. The fourth-order valence-electron chi connectivity index (χ4n) is 3.64. The van der Waals surface area contributed by atoms with E-state index in [1.54, 1.807) is 36.5 Å². The molecule has 0 bridgehead atoms. The number of non-ortho nitro benzene ring substituents is 1. The first-order valence-electron chi connectivity index (χ1n) is 10.3. The zero-order chi connectivity index (χ0) is 23.5. The normalized spacial score (nSPS) is 11.2. The number of nitro benzene ring substituents is 1. The Balaban J connectivity index is 1.49. The Bertz CT molecular complexity index is 1370. The molecule has 0 radical (unpaired) electrons. The number of hydrazone groups is 1. The second kappa shape index (κ2) is 8.99. The van der Waals surface area contributed by atoms with E-state index in [4.69, 9.17) is 9.15 Å². The first-order valence-corrected chi connectivity index (χ1v) is 10.3. The molecule has 1 amide bonds. The van der Waals surface area contributed by atoms with E-state index in [9.17, 15) is 14.9 Å². The van der Waals surface area contributed by atoms with Gasteiger partial charge in [-0.25, -0.2) is 5.43 Å². The van der Waals surface area contributed by atoms with E-state index < -0.39 is 10.8 Å². The van der Waals surface area contributed by atoms with Gasteiger partial charge in [-0.1, -0.05) is 0 Å². The number of nitrogens with zero attached hydrogens (tertiary/aromatic N) is 3. The number of carbonyl (C=O) groups is 1. The molecule has 0 aliphatic carbocycles. The lowest BCUT2D eigenvalue weighted by atomic mass is 10.2. The number of amides is 1. The van der Waals surface area contributed by atoms with Gasteiger partial charge in [-0.3, -0.25) is 14.9 Å². The van der Waals surface area contributed by atoms with E-state index in [1.165, 1.54) is 12.1 Å². The van der Waals surface area contributed by atoms with Gasteiger partial charge < -0.3 is 13.7 Å². The number of nitrogens with one attached hydrogen (secondary N) is 1. The molecule has 2 heterocycles. The molecule has 0 unspecified atom stereocenters. The molecule has 0 aliphatic rings. The Hall–Kier alpha value is -4.40. The molecule has 0 atom stereocenters. The van der Waals surface area contributed by atoms with Crippen molar-refractivity contribution in [2.24, 2.45) is 5.10 Å². The Morgan fingerprint density at radius 3 is 2.64 bits per heavy atom. The van der Waals surface area contributed by atoms with Crippen LogP contribution in [0.25, 0.3) is 16.7 Å². The maximum Gasteiger partial charge on any atom is 0.307 e. The van der Waals surface area contributed by atoms with Gasteiger partial charge in [-0.05, 0) is 63.2 Å². The van der Waals surface area contributed by atoms with Crippen LogP contribution in [0.15, 0.2) is 64.1 Å². The molecule has 0 saturated heterocycles. The summed E-state index contributed by atoms with van der Waals surface area (Å²) in [6.45, 7) is 6.29. The van der Waals surface area contributed by atoms with Crippen LogP contribution in [0.4, 0.5) is 5.69 Å². The van der Waals surface area contributed by atoms with Crippen molar-refractivity contribution in [3.63, 3.8) is 0 Å². The summed E-state index contributed by atoms with van der Waals surface area (Å²) >= 11 is 0. The van der Waals surface area contributed by atoms with Gasteiger partial charge in [-0.2, -0.15) is 5.10 Å². The van der Waals surface area contributed by atoms with E-state index in [0.29, 0.717) is 17.9 Å². The van der Waals surface area contributed by atoms with E-state index in [1.807, 2.05) is 37.5 Å². The average molecular weight is 446 g/mol. The molecule has 0 saturated carbocycles. The van der Waals surface area contributed by atoms with Crippen LogP contribution >= 0.6 is 0 Å². The first kappa shape index (κ1) is 21.8.